The van der Waals surface area contributed by atoms with Gasteiger partial charge in [0.05, 0.1) is 12.1 Å². The van der Waals surface area contributed by atoms with E-state index in [1.165, 1.54) is 17.5 Å². The molecular weight excluding hydrogens is 246 g/mol. The third-order valence-electron chi connectivity index (χ3n) is 4.32. The molecule has 0 radical (unpaired) electrons. The summed E-state index contributed by atoms with van der Waals surface area (Å²) in [5, 5.41) is 3.74. The first-order valence-corrected chi connectivity index (χ1v) is 7.62. The number of imidazole rings is 1. The summed E-state index contributed by atoms with van der Waals surface area (Å²) >= 11 is 0. The summed E-state index contributed by atoms with van der Waals surface area (Å²) in [6, 6.07) is 9.72. The van der Waals surface area contributed by atoms with Gasteiger partial charge in [0.15, 0.2) is 0 Å². The predicted molar refractivity (Wildman–Crippen MR) is 81.8 cm³/mol. The molecule has 0 saturated carbocycles. The van der Waals surface area contributed by atoms with Crippen LogP contribution in [0.5, 0.6) is 0 Å². The minimum atomic E-state index is 0.396. The van der Waals surface area contributed by atoms with Crippen molar-refractivity contribution in [3.63, 3.8) is 0 Å². The van der Waals surface area contributed by atoms with Crippen LogP contribution in [0.3, 0.4) is 0 Å². The number of nitrogens with one attached hydrogen (secondary N) is 1. The fourth-order valence-electron chi connectivity index (χ4n) is 3.33. The first kappa shape index (κ1) is 13.4. The van der Waals surface area contributed by atoms with Crippen LogP contribution in [0.2, 0.25) is 0 Å². The van der Waals surface area contributed by atoms with E-state index in [0.29, 0.717) is 12.1 Å². The molecular formula is C17H23N3. The van der Waals surface area contributed by atoms with E-state index in [0.717, 1.165) is 25.2 Å². The maximum Gasteiger partial charge on any atom is 0.105 e. The summed E-state index contributed by atoms with van der Waals surface area (Å²) in [4.78, 5) is 4.40. The molecule has 2 unspecified atom stereocenters. The first-order valence-electron chi connectivity index (χ1n) is 7.62. The van der Waals surface area contributed by atoms with E-state index in [1.54, 1.807) is 0 Å². The molecule has 0 saturated heterocycles. The standard InChI is InChI=1S/C17H23N3/c1-3-10-19-17-15-7-5-4-6-14(15)8-9-16(17)20-12-11-18-13(20)2/h4-7,11-12,16-17,19H,3,8-10H2,1-2H3. The molecule has 1 aliphatic carbocycles. The Hall–Kier alpha value is -1.61. The minimum Gasteiger partial charge on any atom is -0.330 e. The van der Waals surface area contributed by atoms with Gasteiger partial charge < -0.3 is 9.88 Å². The van der Waals surface area contributed by atoms with Crippen molar-refractivity contribution in [2.45, 2.75) is 45.2 Å². The van der Waals surface area contributed by atoms with Crippen molar-refractivity contribution in [2.24, 2.45) is 0 Å². The van der Waals surface area contributed by atoms with Gasteiger partial charge in [0.25, 0.3) is 0 Å². The van der Waals surface area contributed by atoms with Crippen LogP contribution in [0.1, 0.15) is 48.8 Å². The zero-order valence-corrected chi connectivity index (χ0v) is 12.3. The molecule has 2 atom stereocenters. The number of aromatic nitrogens is 2. The number of aryl methyl sites for hydroxylation is 2. The van der Waals surface area contributed by atoms with Crippen LogP contribution in [-0.4, -0.2) is 16.1 Å². The molecule has 3 heteroatoms. The van der Waals surface area contributed by atoms with Crippen molar-refractivity contribution < 1.29 is 0 Å². The van der Waals surface area contributed by atoms with Crippen LogP contribution in [-0.2, 0) is 6.42 Å². The molecule has 0 bridgehead atoms. The normalized spacial score (nSPS) is 21.7. The second-order valence-corrected chi connectivity index (χ2v) is 5.62. The minimum absolute atomic E-state index is 0.396. The highest BCUT2D eigenvalue weighted by Gasteiger charge is 2.30. The number of benzene rings is 1. The lowest BCUT2D eigenvalue weighted by molar-refractivity contribution is 0.314. The molecule has 1 aromatic carbocycles. The Kier molecular flexibility index (Phi) is 3.88. The van der Waals surface area contributed by atoms with Gasteiger partial charge in [-0.3, -0.25) is 0 Å². The van der Waals surface area contributed by atoms with E-state index >= 15 is 0 Å². The van der Waals surface area contributed by atoms with Crippen LogP contribution in [0.4, 0.5) is 0 Å². The Balaban J connectivity index is 1.97. The summed E-state index contributed by atoms with van der Waals surface area (Å²) in [5.74, 6) is 1.11. The molecule has 1 N–H and O–H groups in total. The van der Waals surface area contributed by atoms with Crippen LogP contribution in [0, 0.1) is 6.92 Å². The SMILES string of the molecule is CCCNC1c2ccccc2CCC1n1ccnc1C. The molecule has 0 aliphatic heterocycles. The van der Waals surface area contributed by atoms with Gasteiger partial charge in [0.2, 0.25) is 0 Å². The van der Waals surface area contributed by atoms with Crippen molar-refractivity contribution in [1.29, 1.82) is 0 Å². The van der Waals surface area contributed by atoms with Gasteiger partial charge in [-0.2, -0.15) is 0 Å². The molecule has 3 rings (SSSR count). The zero-order chi connectivity index (χ0) is 13.9. The highest BCUT2D eigenvalue weighted by atomic mass is 15.1. The van der Waals surface area contributed by atoms with E-state index < -0.39 is 0 Å². The summed E-state index contributed by atoms with van der Waals surface area (Å²) in [6.07, 6.45) is 7.52. The molecule has 0 spiro atoms. The summed E-state index contributed by atoms with van der Waals surface area (Å²) < 4.78 is 2.34. The molecule has 3 nitrogen and oxygen atoms in total. The Morgan fingerprint density at radius 2 is 2.20 bits per heavy atom. The summed E-state index contributed by atoms with van der Waals surface area (Å²) in [6.45, 7) is 5.37. The van der Waals surface area contributed by atoms with E-state index in [1.807, 2.05) is 6.20 Å². The maximum atomic E-state index is 4.40. The highest BCUT2D eigenvalue weighted by Crippen LogP contribution is 2.38. The second-order valence-electron chi connectivity index (χ2n) is 5.62. The fourth-order valence-corrected chi connectivity index (χ4v) is 3.33. The predicted octanol–water partition coefficient (Wildman–Crippen LogP) is 3.42. The average Bonchev–Trinajstić information content (AvgIpc) is 2.90. The molecule has 1 aliphatic rings. The quantitative estimate of drug-likeness (QED) is 0.921. The average molecular weight is 269 g/mol. The summed E-state index contributed by atoms with van der Waals surface area (Å²) in [5.41, 5.74) is 2.96. The first-order chi connectivity index (χ1) is 9.81. The maximum absolute atomic E-state index is 4.40. The number of rotatable bonds is 4. The van der Waals surface area contributed by atoms with Gasteiger partial charge in [0, 0.05) is 12.4 Å². The van der Waals surface area contributed by atoms with Crippen LogP contribution in [0.15, 0.2) is 36.7 Å². The number of hydrogen-bond acceptors (Lipinski definition) is 2. The van der Waals surface area contributed by atoms with Gasteiger partial charge >= 0.3 is 0 Å². The van der Waals surface area contributed by atoms with Gasteiger partial charge in [-0.15, -0.1) is 0 Å². The van der Waals surface area contributed by atoms with E-state index in [2.05, 4.69) is 59.2 Å². The third kappa shape index (κ3) is 2.38. The van der Waals surface area contributed by atoms with Gasteiger partial charge in [-0.1, -0.05) is 31.2 Å². The Morgan fingerprint density at radius 3 is 2.95 bits per heavy atom. The number of hydrogen-bond donors (Lipinski definition) is 1. The van der Waals surface area contributed by atoms with Crippen molar-refractivity contribution in [2.75, 3.05) is 6.54 Å². The smallest absolute Gasteiger partial charge is 0.105 e. The fraction of sp³-hybridized carbons (Fsp3) is 0.471. The van der Waals surface area contributed by atoms with Crippen molar-refractivity contribution in [3.8, 4) is 0 Å². The van der Waals surface area contributed by atoms with Crippen LogP contribution < -0.4 is 5.32 Å². The summed E-state index contributed by atoms with van der Waals surface area (Å²) in [7, 11) is 0. The number of fused-ring (bicyclic) bond motifs is 1. The van der Waals surface area contributed by atoms with E-state index in [-0.39, 0.29) is 0 Å². The van der Waals surface area contributed by atoms with E-state index in [4.69, 9.17) is 0 Å². The molecule has 0 fully saturated rings. The zero-order valence-electron chi connectivity index (χ0n) is 12.3. The molecule has 106 valence electrons. The molecule has 2 aromatic rings. The largest absolute Gasteiger partial charge is 0.330 e. The molecule has 1 heterocycles. The molecule has 1 aromatic heterocycles. The number of nitrogens with zero attached hydrogens (tertiary/aromatic N) is 2. The Morgan fingerprint density at radius 1 is 1.35 bits per heavy atom. The lowest BCUT2D eigenvalue weighted by atomic mass is 9.83. The highest BCUT2D eigenvalue weighted by molar-refractivity contribution is 5.33. The Bertz CT molecular complexity index is 573. The third-order valence-corrected chi connectivity index (χ3v) is 4.32. The van der Waals surface area contributed by atoms with Crippen molar-refractivity contribution >= 4 is 0 Å². The topological polar surface area (TPSA) is 29.9 Å². The Labute approximate surface area is 121 Å². The van der Waals surface area contributed by atoms with Crippen LogP contribution in [0.25, 0.3) is 0 Å². The lowest BCUT2D eigenvalue weighted by Crippen LogP contribution is -2.34. The second kappa shape index (κ2) is 5.80. The van der Waals surface area contributed by atoms with E-state index in [9.17, 15) is 0 Å². The van der Waals surface area contributed by atoms with Gasteiger partial charge in [-0.25, -0.2) is 4.98 Å². The monoisotopic (exact) mass is 269 g/mol. The molecule has 0 amide bonds. The van der Waals surface area contributed by atoms with Crippen molar-refractivity contribution in [3.05, 3.63) is 53.6 Å². The van der Waals surface area contributed by atoms with Crippen molar-refractivity contribution in [1.82, 2.24) is 14.9 Å². The lowest BCUT2D eigenvalue weighted by Gasteiger charge is -2.35. The van der Waals surface area contributed by atoms with Crippen LogP contribution >= 0.6 is 0 Å². The molecule has 20 heavy (non-hydrogen) atoms. The van der Waals surface area contributed by atoms with Gasteiger partial charge in [-0.05, 0) is 43.9 Å². The van der Waals surface area contributed by atoms with Gasteiger partial charge in [0.1, 0.15) is 5.82 Å².